The fraction of sp³-hybridized carbons (Fsp3) is 0.190. The minimum absolute atomic E-state index is 0.169. The van der Waals surface area contributed by atoms with E-state index >= 15 is 0 Å². The Balaban J connectivity index is 1.83. The number of carbonyl (C=O) groups excluding carboxylic acids is 2. The minimum Gasteiger partial charge on any atom is -0.352 e. The SMILES string of the molecule is CCNC(=O)c1cccc(NC(=O)c2cnn(-c3ccccc3C)c2C)c1. The van der Waals surface area contributed by atoms with Crippen LogP contribution in [-0.4, -0.2) is 28.1 Å². The van der Waals surface area contributed by atoms with E-state index in [1.807, 2.05) is 45.0 Å². The Kier molecular flexibility index (Phi) is 5.35. The second-order valence-corrected chi connectivity index (χ2v) is 6.24. The van der Waals surface area contributed by atoms with Gasteiger partial charge in [0.05, 0.1) is 23.1 Å². The molecule has 2 aromatic carbocycles. The van der Waals surface area contributed by atoms with Crippen molar-refractivity contribution in [3.05, 3.63) is 77.1 Å². The lowest BCUT2D eigenvalue weighted by molar-refractivity contribution is 0.0954. The first-order chi connectivity index (χ1) is 13.0. The van der Waals surface area contributed by atoms with Gasteiger partial charge in [-0.25, -0.2) is 4.68 Å². The predicted octanol–water partition coefficient (Wildman–Crippen LogP) is 3.49. The van der Waals surface area contributed by atoms with Crippen LogP contribution in [0.4, 0.5) is 5.69 Å². The Morgan fingerprint density at radius 3 is 2.56 bits per heavy atom. The van der Waals surface area contributed by atoms with Crippen molar-refractivity contribution in [2.45, 2.75) is 20.8 Å². The van der Waals surface area contributed by atoms with Crippen molar-refractivity contribution in [2.75, 3.05) is 11.9 Å². The van der Waals surface area contributed by atoms with Crippen molar-refractivity contribution >= 4 is 17.5 Å². The molecule has 0 unspecified atom stereocenters. The molecule has 3 rings (SSSR count). The number of anilines is 1. The maximum absolute atomic E-state index is 12.7. The van der Waals surface area contributed by atoms with Crippen LogP contribution >= 0.6 is 0 Å². The second kappa shape index (κ2) is 7.86. The summed E-state index contributed by atoms with van der Waals surface area (Å²) in [5.74, 6) is -0.433. The lowest BCUT2D eigenvalue weighted by Gasteiger charge is -2.09. The molecule has 0 saturated carbocycles. The highest BCUT2D eigenvalue weighted by molar-refractivity contribution is 6.05. The third kappa shape index (κ3) is 3.89. The van der Waals surface area contributed by atoms with Crippen molar-refractivity contribution in [1.82, 2.24) is 15.1 Å². The molecule has 0 saturated heterocycles. The summed E-state index contributed by atoms with van der Waals surface area (Å²) >= 11 is 0. The van der Waals surface area contributed by atoms with E-state index in [2.05, 4.69) is 15.7 Å². The van der Waals surface area contributed by atoms with E-state index in [4.69, 9.17) is 0 Å². The Bertz CT molecular complexity index is 991. The van der Waals surface area contributed by atoms with Crippen molar-refractivity contribution in [1.29, 1.82) is 0 Å². The molecule has 0 aliphatic carbocycles. The smallest absolute Gasteiger partial charge is 0.259 e. The number of para-hydroxylation sites is 1. The lowest BCUT2D eigenvalue weighted by atomic mass is 10.1. The molecule has 2 amide bonds. The summed E-state index contributed by atoms with van der Waals surface area (Å²) < 4.78 is 1.76. The fourth-order valence-electron chi connectivity index (χ4n) is 2.88. The van der Waals surface area contributed by atoms with Gasteiger partial charge in [-0.1, -0.05) is 24.3 Å². The zero-order valence-corrected chi connectivity index (χ0v) is 15.6. The van der Waals surface area contributed by atoms with E-state index in [0.29, 0.717) is 23.4 Å². The van der Waals surface area contributed by atoms with Gasteiger partial charge in [0.2, 0.25) is 0 Å². The Morgan fingerprint density at radius 1 is 1.04 bits per heavy atom. The number of nitrogens with zero attached hydrogens (tertiary/aromatic N) is 2. The predicted molar refractivity (Wildman–Crippen MR) is 105 cm³/mol. The highest BCUT2D eigenvalue weighted by atomic mass is 16.2. The van der Waals surface area contributed by atoms with Crippen molar-refractivity contribution < 1.29 is 9.59 Å². The molecule has 6 heteroatoms. The van der Waals surface area contributed by atoms with E-state index in [-0.39, 0.29) is 11.8 Å². The molecule has 0 bridgehead atoms. The molecule has 0 fully saturated rings. The largest absolute Gasteiger partial charge is 0.352 e. The molecule has 3 aromatic rings. The van der Waals surface area contributed by atoms with E-state index in [0.717, 1.165) is 16.9 Å². The molecule has 0 aliphatic heterocycles. The number of aryl methyl sites for hydroxylation is 1. The molecule has 27 heavy (non-hydrogen) atoms. The van der Waals surface area contributed by atoms with Crippen LogP contribution in [-0.2, 0) is 0 Å². The van der Waals surface area contributed by atoms with Crippen LogP contribution in [0.5, 0.6) is 0 Å². The van der Waals surface area contributed by atoms with Gasteiger partial charge in [-0.15, -0.1) is 0 Å². The number of hydrogen-bond acceptors (Lipinski definition) is 3. The summed E-state index contributed by atoms with van der Waals surface area (Å²) in [6, 6.07) is 14.7. The Labute approximate surface area is 158 Å². The van der Waals surface area contributed by atoms with Gasteiger partial charge in [-0.05, 0) is 50.6 Å². The molecule has 138 valence electrons. The first kappa shape index (κ1) is 18.4. The number of hydrogen-bond donors (Lipinski definition) is 2. The fourth-order valence-corrected chi connectivity index (χ4v) is 2.88. The van der Waals surface area contributed by atoms with Crippen LogP contribution in [0.15, 0.2) is 54.7 Å². The average Bonchev–Trinajstić information content (AvgIpc) is 3.04. The standard InChI is InChI=1S/C21H22N4O2/c1-4-22-20(26)16-9-7-10-17(12-16)24-21(27)18-13-23-25(15(18)3)19-11-6-5-8-14(19)2/h5-13H,4H2,1-3H3,(H,22,26)(H,24,27). The van der Waals surface area contributed by atoms with Crippen LogP contribution < -0.4 is 10.6 Å². The second-order valence-electron chi connectivity index (χ2n) is 6.24. The third-order valence-electron chi connectivity index (χ3n) is 4.32. The monoisotopic (exact) mass is 362 g/mol. The van der Waals surface area contributed by atoms with Gasteiger partial charge in [0, 0.05) is 17.8 Å². The van der Waals surface area contributed by atoms with Crippen molar-refractivity contribution in [3.63, 3.8) is 0 Å². The number of aromatic nitrogens is 2. The molecule has 1 aromatic heterocycles. The van der Waals surface area contributed by atoms with Crippen LogP contribution in [0.1, 0.15) is 38.9 Å². The zero-order chi connectivity index (χ0) is 19.4. The normalized spacial score (nSPS) is 10.5. The van der Waals surface area contributed by atoms with Crippen molar-refractivity contribution in [2.24, 2.45) is 0 Å². The third-order valence-corrected chi connectivity index (χ3v) is 4.32. The summed E-state index contributed by atoms with van der Waals surface area (Å²) in [7, 11) is 0. The maximum atomic E-state index is 12.7. The molecule has 0 spiro atoms. The van der Waals surface area contributed by atoms with Crippen LogP contribution in [0.3, 0.4) is 0 Å². The van der Waals surface area contributed by atoms with Crippen LogP contribution in [0, 0.1) is 13.8 Å². The lowest BCUT2D eigenvalue weighted by Crippen LogP contribution is -2.22. The molecule has 0 atom stereocenters. The zero-order valence-electron chi connectivity index (χ0n) is 15.6. The molecule has 0 radical (unpaired) electrons. The molecule has 0 aliphatic rings. The molecule has 1 heterocycles. The van der Waals surface area contributed by atoms with Gasteiger partial charge in [-0.3, -0.25) is 9.59 Å². The van der Waals surface area contributed by atoms with E-state index < -0.39 is 0 Å². The summed E-state index contributed by atoms with van der Waals surface area (Å²) in [5.41, 5.74) is 4.31. The summed E-state index contributed by atoms with van der Waals surface area (Å²) in [6.45, 7) is 6.27. The highest BCUT2D eigenvalue weighted by Gasteiger charge is 2.16. The average molecular weight is 362 g/mol. The number of benzene rings is 2. The van der Waals surface area contributed by atoms with Gasteiger partial charge in [0.1, 0.15) is 0 Å². The van der Waals surface area contributed by atoms with Crippen LogP contribution in [0.25, 0.3) is 5.69 Å². The number of amides is 2. The van der Waals surface area contributed by atoms with Crippen LogP contribution in [0.2, 0.25) is 0 Å². The quantitative estimate of drug-likeness (QED) is 0.729. The first-order valence-corrected chi connectivity index (χ1v) is 8.81. The highest BCUT2D eigenvalue weighted by Crippen LogP contribution is 2.19. The van der Waals surface area contributed by atoms with Gasteiger partial charge in [0.15, 0.2) is 0 Å². The summed E-state index contributed by atoms with van der Waals surface area (Å²) in [6.07, 6.45) is 1.56. The molecular formula is C21H22N4O2. The number of rotatable bonds is 5. The topological polar surface area (TPSA) is 76.0 Å². The van der Waals surface area contributed by atoms with Gasteiger partial charge >= 0.3 is 0 Å². The number of nitrogens with one attached hydrogen (secondary N) is 2. The maximum Gasteiger partial charge on any atom is 0.259 e. The summed E-state index contributed by atoms with van der Waals surface area (Å²) in [5, 5.41) is 9.96. The van der Waals surface area contributed by atoms with Gasteiger partial charge < -0.3 is 10.6 Å². The van der Waals surface area contributed by atoms with E-state index in [9.17, 15) is 9.59 Å². The Hall–Kier alpha value is -3.41. The first-order valence-electron chi connectivity index (χ1n) is 8.81. The van der Waals surface area contributed by atoms with Gasteiger partial charge in [0.25, 0.3) is 11.8 Å². The van der Waals surface area contributed by atoms with Crippen molar-refractivity contribution in [3.8, 4) is 5.69 Å². The number of carbonyl (C=O) groups is 2. The van der Waals surface area contributed by atoms with Gasteiger partial charge in [-0.2, -0.15) is 5.10 Å². The minimum atomic E-state index is -0.264. The summed E-state index contributed by atoms with van der Waals surface area (Å²) in [4.78, 5) is 24.7. The molecule has 6 nitrogen and oxygen atoms in total. The van der Waals surface area contributed by atoms with E-state index in [1.54, 1.807) is 35.1 Å². The van der Waals surface area contributed by atoms with E-state index in [1.165, 1.54) is 0 Å². The molecule has 2 N–H and O–H groups in total. The Morgan fingerprint density at radius 2 is 1.81 bits per heavy atom. The molecular weight excluding hydrogens is 340 g/mol.